The van der Waals surface area contributed by atoms with Gasteiger partial charge in [-0.25, -0.2) is 13.2 Å². The Morgan fingerprint density at radius 3 is 2.20 bits per heavy atom. The van der Waals surface area contributed by atoms with Gasteiger partial charge < -0.3 is 4.79 Å². The molecule has 0 spiro atoms. The van der Waals surface area contributed by atoms with Crippen LogP contribution in [0.2, 0.25) is 0 Å². The van der Waals surface area contributed by atoms with Crippen molar-refractivity contribution in [2.75, 3.05) is 0 Å². The van der Waals surface area contributed by atoms with E-state index < -0.39 is 17.5 Å². The lowest BCUT2D eigenvalue weighted by atomic mass is 10.1. The smallest absolute Gasteiger partial charge is 0.161 e. The highest BCUT2D eigenvalue weighted by Gasteiger charge is 2.08. The second kappa shape index (κ2) is 6.60. The molecule has 0 bridgehead atoms. The highest BCUT2D eigenvalue weighted by Crippen LogP contribution is 2.13. The summed E-state index contributed by atoms with van der Waals surface area (Å²) < 4.78 is 37.4. The van der Waals surface area contributed by atoms with Gasteiger partial charge in [0.2, 0.25) is 0 Å². The third kappa shape index (κ3) is 4.27. The van der Waals surface area contributed by atoms with Gasteiger partial charge in [0.1, 0.15) is 12.1 Å². The molecule has 5 heteroatoms. The van der Waals surface area contributed by atoms with E-state index in [-0.39, 0.29) is 12.0 Å². The fourth-order valence-electron chi connectivity index (χ4n) is 0.810. The lowest BCUT2D eigenvalue weighted by Crippen LogP contribution is -1.95. The van der Waals surface area contributed by atoms with E-state index in [9.17, 15) is 18.0 Å². The Balaban J connectivity index is 0.000000583. The number of carbonyl (C=O) groups is 1. The Hall–Kier alpha value is -1.83. The van der Waals surface area contributed by atoms with Crippen LogP contribution < -0.4 is 0 Å². The molecule has 0 saturated heterocycles. The Labute approximate surface area is 84.9 Å². The lowest BCUT2D eigenvalue weighted by molar-refractivity contribution is -0.107. The zero-order chi connectivity index (χ0) is 11.8. The van der Waals surface area contributed by atoms with Gasteiger partial charge in [-0.15, -0.1) is 0 Å². The molecule has 0 radical (unpaired) electrons. The molecular weight excluding hydrogens is 207 g/mol. The molecule has 0 heterocycles. The Morgan fingerprint density at radius 2 is 1.73 bits per heavy atom. The van der Waals surface area contributed by atoms with Crippen LogP contribution in [0.1, 0.15) is 12.5 Å². The molecule has 0 aliphatic rings. The highest BCUT2D eigenvalue weighted by molar-refractivity contribution is 5.55. The zero-order valence-electron chi connectivity index (χ0n) is 7.93. The predicted octanol–water partition coefficient (Wildman–Crippen LogP) is 2.38. The number of carbonyl (C=O) groups excluding carboxylic acids is 1. The first-order chi connectivity index (χ1) is 7.06. The van der Waals surface area contributed by atoms with E-state index in [2.05, 4.69) is 0 Å². The zero-order valence-corrected chi connectivity index (χ0v) is 7.93. The van der Waals surface area contributed by atoms with Gasteiger partial charge in [-0.2, -0.15) is 5.26 Å². The van der Waals surface area contributed by atoms with E-state index in [1.807, 2.05) is 0 Å². The second-order valence-electron chi connectivity index (χ2n) is 2.45. The van der Waals surface area contributed by atoms with Gasteiger partial charge in [0, 0.05) is 19.4 Å². The van der Waals surface area contributed by atoms with Crippen molar-refractivity contribution in [1.82, 2.24) is 0 Å². The molecule has 1 aromatic rings. The molecule has 0 aromatic heterocycles. The summed E-state index contributed by atoms with van der Waals surface area (Å²) in [5, 5.41) is 7.32. The molecule has 1 rings (SSSR count). The van der Waals surface area contributed by atoms with Crippen LogP contribution in [0, 0.1) is 28.8 Å². The van der Waals surface area contributed by atoms with E-state index in [1.165, 1.54) is 6.92 Å². The fraction of sp³-hybridized carbons (Fsp3) is 0.200. The molecule has 0 saturated carbocycles. The van der Waals surface area contributed by atoms with Crippen molar-refractivity contribution in [3.05, 3.63) is 35.1 Å². The number of halogens is 3. The summed E-state index contributed by atoms with van der Waals surface area (Å²) in [6.07, 6.45) is 0.179. The van der Waals surface area contributed by atoms with Crippen LogP contribution in [0.4, 0.5) is 13.2 Å². The van der Waals surface area contributed by atoms with Crippen molar-refractivity contribution in [2.45, 2.75) is 13.3 Å². The van der Waals surface area contributed by atoms with Gasteiger partial charge in [-0.3, -0.25) is 0 Å². The van der Waals surface area contributed by atoms with Crippen molar-refractivity contribution in [3.8, 4) is 6.07 Å². The SMILES string of the molecule is CC#N.O=CCc1cc(F)c(F)cc1F. The van der Waals surface area contributed by atoms with Crippen LogP contribution in [0.25, 0.3) is 0 Å². The van der Waals surface area contributed by atoms with Crippen molar-refractivity contribution in [3.63, 3.8) is 0 Å². The third-order valence-electron chi connectivity index (χ3n) is 1.39. The minimum Gasteiger partial charge on any atom is -0.303 e. The van der Waals surface area contributed by atoms with Crippen LogP contribution in [-0.4, -0.2) is 6.29 Å². The summed E-state index contributed by atoms with van der Waals surface area (Å²) in [6, 6.07) is 2.85. The van der Waals surface area contributed by atoms with Crippen LogP contribution in [0.5, 0.6) is 0 Å². The Kier molecular flexibility index (Phi) is 5.79. The van der Waals surface area contributed by atoms with Crippen LogP contribution in [-0.2, 0) is 11.2 Å². The topological polar surface area (TPSA) is 40.9 Å². The average molecular weight is 215 g/mol. The molecule has 0 amide bonds. The first kappa shape index (κ1) is 13.2. The quantitative estimate of drug-likeness (QED) is 0.561. The molecule has 15 heavy (non-hydrogen) atoms. The second-order valence-corrected chi connectivity index (χ2v) is 2.45. The molecular formula is C10H8F3NO. The molecule has 0 N–H and O–H groups in total. The summed E-state index contributed by atoms with van der Waals surface area (Å²) in [7, 11) is 0. The summed E-state index contributed by atoms with van der Waals surface area (Å²) in [5.74, 6) is -3.30. The summed E-state index contributed by atoms with van der Waals surface area (Å²) >= 11 is 0. The van der Waals surface area contributed by atoms with Crippen molar-refractivity contribution in [1.29, 1.82) is 5.26 Å². The first-order valence-electron chi connectivity index (χ1n) is 3.94. The van der Waals surface area contributed by atoms with Crippen molar-refractivity contribution < 1.29 is 18.0 Å². The van der Waals surface area contributed by atoms with E-state index in [1.54, 1.807) is 6.07 Å². The molecule has 1 aromatic carbocycles. The number of aldehydes is 1. The van der Waals surface area contributed by atoms with E-state index in [4.69, 9.17) is 5.26 Å². The van der Waals surface area contributed by atoms with E-state index in [0.717, 1.165) is 0 Å². The van der Waals surface area contributed by atoms with Gasteiger partial charge in [-0.1, -0.05) is 0 Å². The lowest BCUT2D eigenvalue weighted by Gasteiger charge is -1.98. The standard InChI is InChI=1S/C8H5F3O.C2H3N/c9-6-4-8(11)7(10)3-5(6)1-2-12;1-2-3/h2-4H,1H2;1H3. The maximum Gasteiger partial charge on any atom is 0.161 e. The molecule has 0 unspecified atom stereocenters. The van der Waals surface area contributed by atoms with Crippen molar-refractivity contribution >= 4 is 6.29 Å². The van der Waals surface area contributed by atoms with Gasteiger partial charge in [0.15, 0.2) is 11.6 Å². The van der Waals surface area contributed by atoms with E-state index in [0.29, 0.717) is 18.4 Å². The minimum atomic E-state index is -1.25. The number of hydrogen-bond acceptors (Lipinski definition) is 2. The molecule has 0 atom stereocenters. The first-order valence-corrected chi connectivity index (χ1v) is 3.94. The summed E-state index contributed by atoms with van der Waals surface area (Å²) in [5.41, 5.74) is -0.135. The van der Waals surface area contributed by atoms with Crippen LogP contribution in [0.3, 0.4) is 0 Å². The monoisotopic (exact) mass is 215 g/mol. The van der Waals surface area contributed by atoms with Crippen LogP contribution in [0.15, 0.2) is 12.1 Å². The summed E-state index contributed by atoms with van der Waals surface area (Å²) in [6.45, 7) is 1.43. The van der Waals surface area contributed by atoms with Crippen molar-refractivity contribution in [2.24, 2.45) is 0 Å². The number of nitrogens with zero attached hydrogens (tertiary/aromatic N) is 1. The van der Waals surface area contributed by atoms with Gasteiger partial charge >= 0.3 is 0 Å². The van der Waals surface area contributed by atoms with Gasteiger partial charge in [0.25, 0.3) is 0 Å². The molecule has 0 aliphatic heterocycles. The summed E-state index contributed by atoms with van der Waals surface area (Å²) in [4.78, 5) is 9.94. The molecule has 2 nitrogen and oxygen atoms in total. The van der Waals surface area contributed by atoms with Gasteiger partial charge in [0.05, 0.1) is 6.07 Å². The average Bonchev–Trinajstić information content (AvgIpc) is 2.16. The maximum absolute atomic E-state index is 12.7. The van der Waals surface area contributed by atoms with Crippen LogP contribution >= 0.6 is 0 Å². The van der Waals surface area contributed by atoms with E-state index >= 15 is 0 Å². The molecule has 0 fully saturated rings. The van der Waals surface area contributed by atoms with Gasteiger partial charge in [-0.05, 0) is 11.6 Å². The largest absolute Gasteiger partial charge is 0.303 e. The minimum absolute atomic E-state index is 0.135. The maximum atomic E-state index is 12.7. The number of rotatable bonds is 2. The highest BCUT2D eigenvalue weighted by atomic mass is 19.2. The normalized spacial score (nSPS) is 8.47. The third-order valence-corrected chi connectivity index (χ3v) is 1.39. The predicted molar refractivity (Wildman–Crippen MR) is 47.4 cm³/mol. The number of hydrogen-bond donors (Lipinski definition) is 0. The fourth-order valence-corrected chi connectivity index (χ4v) is 0.810. The number of benzene rings is 1. The molecule has 0 aliphatic carbocycles. The Morgan fingerprint density at radius 1 is 1.27 bits per heavy atom. The molecule has 80 valence electrons. The Bertz CT molecular complexity index is 385. The number of nitriles is 1.